The molecule has 4 heteroatoms. The van der Waals surface area contributed by atoms with Crippen LogP contribution in [-0.2, 0) is 11.2 Å². The van der Waals surface area contributed by atoms with Crippen molar-refractivity contribution in [1.82, 2.24) is 9.97 Å². The predicted octanol–water partition coefficient (Wildman–Crippen LogP) is 1.06. The molecule has 0 atom stereocenters. The van der Waals surface area contributed by atoms with Gasteiger partial charge in [-0.25, -0.2) is 9.97 Å². The number of aromatic nitrogens is 2. The van der Waals surface area contributed by atoms with Crippen LogP contribution in [0.2, 0.25) is 0 Å². The molecule has 1 rings (SSSR count). The fourth-order valence-corrected chi connectivity index (χ4v) is 1.24. The zero-order chi connectivity index (χ0) is 10.4. The molecule has 0 N–H and O–H groups in total. The fraction of sp³-hybridized carbons (Fsp3) is 0.500. The summed E-state index contributed by atoms with van der Waals surface area (Å²) < 4.78 is 0. The Hall–Kier alpha value is -1.45. The summed E-state index contributed by atoms with van der Waals surface area (Å²) >= 11 is 0. The van der Waals surface area contributed by atoms with Crippen LogP contribution in [0.1, 0.15) is 19.5 Å². The smallest absolute Gasteiger partial charge is 0.225 e. The summed E-state index contributed by atoms with van der Waals surface area (Å²) in [7, 11) is 0. The van der Waals surface area contributed by atoms with Gasteiger partial charge in [-0.3, -0.25) is 0 Å². The Balaban J connectivity index is 2.86. The highest BCUT2D eigenvalue weighted by molar-refractivity contribution is 5.53. The molecule has 0 aliphatic heterocycles. The fourth-order valence-electron chi connectivity index (χ4n) is 1.24. The summed E-state index contributed by atoms with van der Waals surface area (Å²) in [5.74, 6) is 0.703. The average Bonchev–Trinajstić information content (AvgIpc) is 2.21. The summed E-state index contributed by atoms with van der Waals surface area (Å²) in [5.41, 5.74) is 0.775. The summed E-state index contributed by atoms with van der Waals surface area (Å²) in [6, 6.07) is 1.77. The number of hydrogen-bond acceptors (Lipinski definition) is 4. The van der Waals surface area contributed by atoms with Gasteiger partial charge >= 0.3 is 0 Å². The Bertz CT molecular complexity index is 297. The number of anilines is 1. The summed E-state index contributed by atoms with van der Waals surface area (Å²) in [6.07, 6.45) is 2.91. The quantitative estimate of drug-likeness (QED) is 0.656. The topological polar surface area (TPSA) is 46.1 Å². The maximum Gasteiger partial charge on any atom is 0.225 e. The molecular formula is C10H15N3O. The first kappa shape index (κ1) is 10.6. The molecular weight excluding hydrogens is 178 g/mol. The number of carbonyl (C=O) groups is 1. The lowest BCUT2D eigenvalue weighted by Crippen LogP contribution is -2.24. The zero-order valence-corrected chi connectivity index (χ0v) is 8.60. The van der Waals surface area contributed by atoms with Gasteiger partial charge in [-0.15, -0.1) is 0 Å². The van der Waals surface area contributed by atoms with Crippen molar-refractivity contribution < 1.29 is 4.79 Å². The van der Waals surface area contributed by atoms with E-state index in [2.05, 4.69) is 23.8 Å². The van der Waals surface area contributed by atoms with Gasteiger partial charge in [0.2, 0.25) is 5.95 Å². The molecule has 1 aromatic heterocycles. The number of nitrogens with zero attached hydrogens (tertiary/aromatic N) is 3. The van der Waals surface area contributed by atoms with Gasteiger partial charge in [-0.05, 0) is 19.9 Å². The second-order valence-corrected chi connectivity index (χ2v) is 2.89. The number of hydrogen-bond donors (Lipinski definition) is 0. The standard InChI is InChI=1S/C10H15N3O/c1-3-13(4-2)10-11-7-5-9(12-10)6-8-14/h5,7-8H,3-4,6H2,1-2H3. The van der Waals surface area contributed by atoms with E-state index in [4.69, 9.17) is 0 Å². The third-order valence-corrected chi connectivity index (χ3v) is 2.04. The lowest BCUT2D eigenvalue weighted by atomic mass is 10.3. The lowest BCUT2D eigenvalue weighted by Gasteiger charge is -2.18. The first-order valence-corrected chi connectivity index (χ1v) is 4.82. The Morgan fingerprint density at radius 3 is 2.71 bits per heavy atom. The lowest BCUT2D eigenvalue weighted by molar-refractivity contribution is -0.107. The van der Waals surface area contributed by atoms with Gasteiger partial charge in [0.25, 0.3) is 0 Å². The molecule has 0 unspecified atom stereocenters. The second kappa shape index (κ2) is 5.32. The molecule has 76 valence electrons. The van der Waals surface area contributed by atoms with E-state index in [1.165, 1.54) is 0 Å². The van der Waals surface area contributed by atoms with Crippen LogP contribution in [0.25, 0.3) is 0 Å². The van der Waals surface area contributed by atoms with E-state index >= 15 is 0 Å². The Morgan fingerprint density at radius 1 is 1.43 bits per heavy atom. The number of carbonyl (C=O) groups excluding carboxylic acids is 1. The molecule has 14 heavy (non-hydrogen) atoms. The third-order valence-electron chi connectivity index (χ3n) is 2.04. The minimum atomic E-state index is 0.358. The van der Waals surface area contributed by atoms with Gasteiger partial charge in [0.1, 0.15) is 6.29 Å². The van der Waals surface area contributed by atoms with Crippen LogP contribution in [0.5, 0.6) is 0 Å². The van der Waals surface area contributed by atoms with E-state index in [1.54, 1.807) is 12.3 Å². The summed E-state index contributed by atoms with van der Waals surface area (Å²) in [4.78, 5) is 20.8. The van der Waals surface area contributed by atoms with Crippen LogP contribution in [0.15, 0.2) is 12.3 Å². The van der Waals surface area contributed by atoms with E-state index in [0.29, 0.717) is 12.4 Å². The minimum Gasteiger partial charge on any atom is -0.341 e. The van der Waals surface area contributed by atoms with Gasteiger partial charge in [0, 0.05) is 25.7 Å². The molecule has 0 aliphatic carbocycles. The van der Waals surface area contributed by atoms with Gasteiger partial charge in [0.15, 0.2) is 0 Å². The SMILES string of the molecule is CCN(CC)c1nccc(CC=O)n1. The average molecular weight is 193 g/mol. The van der Waals surface area contributed by atoms with Gasteiger partial charge in [-0.2, -0.15) is 0 Å². The highest BCUT2D eigenvalue weighted by Gasteiger charge is 2.04. The van der Waals surface area contributed by atoms with Crippen LogP contribution in [0.3, 0.4) is 0 Å². The maximum atomic E-state index is 10.3. The zero-order valence-electron chi connectivity index (χ0n) is 8.60. The Labute approximate surface area is 84.0 Å². The van der Waals surface area contributed by atoms with E-state index in [1.807, 2.05) is 4.90 Å². The van der Waals surface area contributed by atoms with Crippen LogP contribution >= 0.6 is 0 Å². The Morgan fingerprint density at radius 2 is 2.14 bits per heavy atom. The summed E-state index contributed by atoms with van der Waals surface area (Å²) in [6.45, 7) is 5.86. The molecule has 0 saturated heterocycles. The van der Waals surface area contributed by atoms with E-state index < -0.39 is 0 Å². The number of aldehydes is 1. The molecule has 0 aliphatic rings. The molecule has 1 aromatic rings. The first-order valence-electron chi connectivity index (χ1n) is 4.82. The molecule has 0 radical (unpaired) electrons. The van der Waals surface area contributed by atoms with Crippen molar-refractivity contribution in [3.63, 3.8) is 0 Å². The number of rotatable bonds is 5. The van der Waals surface area contributed by atoms with Crippen molar-refractivity contribution in [3.05, 3.63) is 18.0 Å². The van der Waals surface area contributed by atoms with Crippen molar-refractivity contribution in [3.8, 4) is 0 Å². The molecule has 1 heterocycles. The Kier molecular flexibility index (Phi) is 4.04. The first-order chi connectivity index (χ1) is 6.81. The van der Waals surface area contributed by atoms with Crippen LogP contribution < -0.4 is 4.90 Å². The molecule has 0 bridgehead atoms. The molecule has 0 aromatic carbocycles. The monoisotopic (exact) mass is 193 g/mol. The normalized spacial score (nSPS) is 9.86. The molecule has 0 amide bonds. The van der Waals surface area contributed by atoms with Crippen molar-refractivity contribution in [2.24, 2.45) is 0 Å². The largest absolute Gasteiger partial charge is 0.341 e. The predicted molar refractivity (Wildman–Crippen MR) is 55.4 cm³/mol. The van der Waals surface area contributed by atoms with Crippen LogP contribution in [0.4, 0.5) is 5.95 Å². The van der Waals surface area contributed by atoms with E-state index in [-0.39, 0.29) is 0 Å². The highest BCUT2D eigenvalue weighted by atomic mass is 16.1. The van der Waals surface area contributed by atoms with Gasteiger partial charge < -0.3 is 9.69 Å². The maximum absolute atomic E-state index is 10.3. The van der Waals surface area contributed by atoms with Crippen LogP contribution in [0, 0.1) is 0 Å². The molecule has 0 spiro atoms. The van der Waals surface area contributed by atoms with Gasteiger partial charge in [-0.1, -0.05) is 0 Å². The van der Waals surface area contributed by atoms with E-state index in [9.17, 15) is 4.79 Å². The van der Waals surface area contributed by atoms with Crippen molar-refractivity contribution >= 4 is 12.2 Å². The minimum absolute atomic E-state index is 0.358. The third kappa shape index (κ3) is 2.52. The second-order valence-electron chi connectivity index (χ2n) is 2.89. The highest BCUT2D eigenvalue weighted by Crippen LogP contribution is 2.06. The van der Waals surface area contributed by atoms with Crippen molar-refractivity contribution in [2.45, 2.75) is 20.3 Å². The van der Waals surface area contributed by atoms with Crippen LogP contribution in [-0.4, -0.2) is 29.3 Å². The molecule has 0 fully saturated rings. The van der Waals surface area contributed by atoms with Crippen molar-refractivity contribution in [1.29, 1.82) is 0 Å². The molecule has 4 nitrogen and oxygen atoms in total. The summed E-state index contributed by atoms with van der Waals surface area (Å²) in [5, 5.41) is 0. The van der Waals surface area contributed by atoms with Gasteiger partial charge in [0.05, 0.1) is 5.69 Å². The molecule has 0 saturated carbocycles. The van der Waals surface area contributed by atoms with E-state index in [0.717, 1.165) is 25.1 Å². The van der Waals surface area contributed by atoms with Crippen molar-refractivity contribution in [2.75, 3.05) is 18.0 Å².